The third-order valence-electron chi connectivity index (χ3n) is 6.79. The predicted octanol–water partition coefficient (Wildman–Crippen LogP) is 5.23. The number of carboxylic acids is 1. The van der Waals surface area contributed by atoms with Crippen LogP contribution < -0.4 is 10.9 Å². The Labute approximate surface area is 225 Å². The highest BCUT2D eigenvalue weighted by molar-refractivity contribution is 6.30. The van der Waals surface area contributed by atoms with Crippen molar-refractivity contribution in [1.29, 1.82) is 0 Å². The number of aromatic nitrogens is 3. The molecule has 0 spiro atoms. The minimum atomic E-state index is -1.30. The van der Waals surface area contributed by atoms with Crippen LogP contribution in [-0.4, -0.2) is 44.1 Å². The van der Waals surface area contributed by atoms with E-state index in [1.54, 1.807) is 51.4 Å². The van der Waals surface area contributed by atoms with Crippen LogP contribution in [0, 0.1) is 0 Å². The first kappa shape index (κ1) is 27.3. The van der Waals surface area contributed by atoms with Gasteiger partial charge in [-0.05, 0) is 82.3 Å². The number of ether oxygens (including phenoxy) is 1. The van der Waals surface area contributed by atoms with Crippen LogP contribution in [0.1, 0.15) is 68.4 Å². The monoisotopic (exact) mass is 538 g/mol. The summed E-state index contributed by atoms with van der Waals surface area (Å²) in [6, 6.07) is 12.0. The fourth-order valence-electron chi connectivity index (χ4n) is 4.91. The number of aromatic carboxylic acids is 1. The molecule has 1 aliphatic rings. The fourth-order valence-corrected chi connectivity index (χ4v) is 5.10. The predicted molar refractivity (Wildman–Crippen MR) is 144 cm³/mol. The smallest absolute Gasteiger partial charge is 0.407 e. The van der Waals surface area contributed by atoms with Crippen LogP contribution in [0.3, 0.4) is 0 Å². The van der Waals surface area contributed by atoms with Crippen molar-refractivity contribution in [3.05, 3.63) is 81.4 Å². The largest absolute Gasteiger partial charge is 0.477 e. The molecule has 1 fully saturated rings. The van der Waals surface area contributed by atoms with Gasteiger partial charge in [0.15, 0.2) is 0 Å². The summed E-state index contributed by atoms with van der Waals surface area (Å²) in [5, 5.41) is 17.8. The molecule has 0 radical (unpaired) electrons. The fraction of sp³-hybridized carbons (Fsp3) is 0.393. The molecule has 2 N–H and O–H groups in total. The van der Waals surface area contributed by atoms with Crippen molar-refractivity contribution in [2.45, 2.75) is 63.5 Å². The average Bonchev–Trinajstić information content (AvgIpc) is 2.87. The van der Waals surface area contributed by atoms with Gasteiger partial charge in [0.1, 0.15) is 11.2 Å². The number of nitrogens with zero attached hydrogens (tertiary/aromatic N) is 3. The van der Waals surface area contributed by atoms with E-state index in [1.165, 1.54) is 10.7 Å². The number of hydrogen-bond donors (Lipinski definition) is 2. The van der Waals surface area contributed by atoms with Crippen LogP contribution in [0.5, 0.6) is 0 Å². The number of benzene rings is 1. The minimum absolute atomic E-state index is 0.314. The van der Waals surface area contributed by atoms with Crippen LogP contribution in [0.15, 0.2) is 59.7 Å². The first-order valence-corrected chi connectivity index (χ1v) is 12.9. The lowest BCUT2D eigenvalue weighted by molar-refractivity contribution is 0.0504. The summed E-state index contributed by atoms with van der Waals surface area (Å²) in [6.45, 7) is 5.74. The Morgan fingerprint density at radius 3 is 2.53 bits per heavy atom. The lowest BCUT2D eigenvalue weighted by Crippen LogP contribution is -2.46. The molecule has 0 atom stereocenters. The maximum absolute atomic E-state index is 13.1. The Morgan fingerprint density at radius 1 is 1.18 bits per heavy atom. The molecular formula is C28H31ClN4O5. The second-order valence-electron chi connectivity index (χ2n) is 10.6. The molecular weight excluding hydrogens is 508 g/mol. The molecule has 2 heterocycles. The molecule has 200 valence electrons. The Morgan fingerprint density at radius 2 is 1.92 bits per heavy atom. The van der Waals surface area contributed by atoms with Crippen molar-refractivity contribution in [2.24, 2.45) is 0 Å². The summed E-state index contributed by atoms with van der Waals surface area (Å²) >= 11 is 6.32. The summed E-state index contributed by atoms with van der Waals surface area (Å²) in [6.07, 6.45) is 5.00. The highest BCUT2D eigenvalue weighted by atomic mass is 35.5. The first-order chi connectivity index (χ1) is 18.0. The van der Waals surface area contributed by atoms with Crippen LogP contribution in [-0.2, 0) is 10.2 Å². The third-order valence-corrected chi connectivity index (χ3v) is 7.02. The van der Waals surface area contributed by atoms with Crippen molar-refractivity contribution in [1.82, 2.24) is 20.1 Å². The number of rotatable bonds is 6. The second kappa shape index (κ2) is 10.9. The van der Waals surface area contributed by atoms with E-state index < -0.39 is 28.6 Å². The van der Waals surface area contributed by atoms with Gasteiger partial charge in [-0.3, -0.25) is 9.78 Å². The van der Waals surface area contributed by atoms with E-state index in [9.17, 15) is 19.5 Å². The molecule has 0 bridgehead atoms. The van der Waals surface area contributed by atoms with E-state index in [0.717, 1.165) is 5.56 Å². The van der Waals surface area contributed by atoms with Crippen molar-refractivity contribution in [3.8, 4) is 11.3 Å². The van der Waals surface area contributed by atoms with Gasteiger partial charge in [-0.15, -0.1) is 0 Å². The molecule has 1 saturated carbocycles. The van der Waals surface area contributed by atoms with Crippen LogP contribution in [0.25, 0.3) is 11.3 Å². The molecule has 9 nitrogen and oxygen atoms in total. The van der Waals surface area contributed by atoms with Crippen LogP contribution in [0.4, 0.5) is 4.79 Å². The maximum Gasteiger partial charge on any atom is 0.407 e. The summed E-state index contributed by atoms with van der Waals surface area (Å²) in [5.74, 6) is -1.30. The van der Waals surface area contributed by atoms with Crippen molar-refractivity contribution in [2.75, 3.05) is 6.54 Å². The molecule has 38 heavy (non-hydrogen) atoms. The van der Waals surface area contributed by atoms with E-state index in [4.69, 9.17) is 16.3 Å². The molecule has 1 aliphatic carbocycles. The van der Waals surface area contributed by atoms with Gasteiger partial charge < -0.3 is 15.2 Å². The third kappa shape index (κ3) is 6.22. The molecule has 3 aromatic rings. The lowest BCUT2D eigenvalue weighted by Gasteiger charge is -2.41. The van der Waals surface area contributed by atoms with E-state index in [2.05, 4.69) is 15.4 Å². The molecule has 10 heteroatoms. The lowest BCUT2D eigenvalue weighted by atomic mass is 9.68. The molecule has 2 aromatic heterocycles. The Bertz CT molecular complexity index is 1380. The molecule has 4 rings (SSSR count). The number of halogens is 1. The van der Waals surface area contributed by atoms with Gasteiger partial charge in [0.05, 0.1) is 11.7 Å². The van der Waals surface area contributed by atoms with Crippen LogP contribution >= 0.6 is 11.6 Å². The normalized spacial score (nSPS) is 19.5. The highest BCUT2D eigenvalue weighted by Crippen LogP contribution is 2.43. The number of carboxylic acid groups (broad SMARTS) is 1. The zero-order chi connectivity index (χ0) is 27.5. The van der Waals surface area contributed by atoms with Gasteiger partial charge >= 0.3 is 12.1 Å². The SMILES string of the molecule is CC(C)(C)OC(=O)NCC1(c2cccc(Cl)c2)CCC(n2nc(-c3cccnc3)cc(C(=O)O)c2=O)CC1. The van der Waals surface area contributed by atoms with E-state index in [-0.39, 0.29) is 11.6 Å². The number of amides is 1. The molecule has 0 saturated heterocycles. The molecule has 0 aliphatic heterocycles. The quantitative estimate of drug-likeness (QED) is 0.440. The zero-order valence-corrected chi connectivity index (χ0v) is 22.4. The van der Waals surface area contributed by atoms with Crippen molar-refractivity contribution in [3.63, 3.8) is 0 Å². The number of nitrogens with one attached hydrogen (secondary N) is 1. The summed E-state index contributed by atoms with van der Waals surface area (Å²) < 4.78 is 6.74. The number of pyridine rings is 1. The Hall–Kier alpha value is -3.72. The number of carbonyl (C=O) groups is 2. The summed E-state index contributed by atoms with van der Waals surface area (Å²) in [4.78, 5) is 41.6. The first-order valence-electron chi connectivity index (χ1n) is 12.5. The summed E-state index contributed by atoms with van der Waals surface area (Å²) in [7, 11) is 0. The number of carbonyl (C=O) groups excluding carboxylic acids is 1. The van der Waals surface area contributed by atoms with E-state index >= 15 is 0 Å². The van der Waals surface area contributed by atoms with Gasteiger partial charge in [0.25, 0.3) is 5.56 Å². The van der Waals surface area contributed by atoms with Gasteiger partial charge in [0, 0.05) is 34.9 Å². The second-order valence-corrected chi connectivity index (χ2v) is 11.1. The maximum atomic E-state index is 13.1. The van der Waals surface area contributed by atoms with Crippen LogP contribution in [0.2, 0.25) is 5.02 Å². The molecule has 1 aromatic carbocycles. The standard InChI is InChI=1S/C28H31ClN4O5/c1-27(2,3)38-26(37)31-17-28(19-7-4-8-20(29)14-19)11-9-21(10-12-28)33-24(34)22(25(35)36)15-23(32-33)18-6-5-13-30-16-18/h4-8,13-16,21H,9-12,17H2,1-3H3,(H,31,37)(H,35,36). The minimum Gasteiger partial charge on any atom is -0.477 e. The zero-order valence-electron chi connectivity index (χ0n) is 21.6. The van der Waals surface area contributed by atoms with Gasteiger partial charge in [0.2, 0.25) is 0 Å². The van der Waals surface area contributed by atoms with Gasteiger partial charge in [-0.1, -0.05) is 23.7 Å². The van der Waals surface area contributed by atoms with E-state index in [0.29, 0.717) is 48.5 Å². The van der Waals surface area contributed by atoms with Crippen molar-refractivity contribution < 1.29 is 19.4 Å². The highest BCUT2D eigenvalue weighted by Gasteiger charge is 2.39. The summed E-state index contributed by atoms with van der Waals surface area (Å²) in [5.41, 5.74) is -0.0791. The number of hydrogen-bond acceptors (Lipinski definition) is 6. The van der Waals surface area contributed by atoms with E-state index in [1.807, 2.05) is 18.2 Å². The van der Waals surface area contributed by atoms with Crippen molar-refractivity contribution >= 4 is 23.7 Å². The number of alkyl carbamates (subject to hydrolysis) is 1. The topological polar surface area (TPSA) is 123 Å². The Balaban J connectivity index is 1.64. The molecule has 1 amide bonds. The Kier molecular flexibility index (Phi) is 7.87. The van der Waals surface area contributed by atoms with Gasteiger partial charge in [-0.25, -0.2) is 14.3 Å². The van der Waals surface area contributed by atoms with Gasteiger partial charge in [-0.2, -0.15) is 5.10 Å². The average molecular weight is 539 g/mol. The molecule has 0 unspecified atom stereocenters.